The molecule has 0 bridgehead atoms. The SMILES string of the molecule is CC(C)(C)n1cc(C(=O)O)c(=O)c2cc(F)c(N3C[C@@H](CNC4CC4)[C@H](F)C3)nc21. The Bertz CT molecular complexity index is 1060. The number of nitrogens with zero attached hydrogens (tertiary/aromatic N) is 3. The van der Waals surface area contributed by atoms with Gasteiger partial charge in [-0.1, -0.05) is 0 Å². The van der Waals surface area contributed by atoms with E-state index in [4.69, 9.17) is 0 Å². The monoisotopic (exact) mass is 420 g/mol. The minimum atomic E-state index is -1.38. The van der Waals surface area contributed by atoms with Gasteiger partial charge < -0.3 is 19.9 Å². The summed E-state index contributed by atoms with van der Waals surface area (Å²) in [5.74, 6) is -2.41. The summed E-state index contributed by atoms with van der Waals surface area (Å²) in [6, 6.07) is 1.49. The van der Waals surface area contributed by atoms with Crippen LogP contribution < -0.4 is 15.6 Å². The molecule has 2 N–H and O–H groups in total. The molecule has 0 aromatic carbocycles. The van der Waals surface area contributed by atoms with Crippen molar-refractivity contribution in [2.45, 2.75) is 51.4 Å². The summed E-state index contributed by atoms with van der Waals surface area (Å²) in [6.07, 6.45) is 2.35. The molecular formula is C21H26F2N4O3. The first kappa shape index (κ1) is 20.7. The van der Waals surface area contributed by atoms with Crippen molar-refractivity contribution in [3.63, 3.8) is 0 Å². The second kappa shape index (κ2) is 7.30. The van der Waals surface area contributed by atoms with Crippen LogP contribution in [0.4, 0.5) is 14.6 Å². The molecule has 1 aliphatic heterocycles. The van der Waals surface area contributed by atoms with E-state index >= 15 is 0 Å². The van der Waals surface area contributed by atoms with Crippen molar-refractivity contribution in [1.82, 2.24) is 14.9 Å². The van der Waals surface area contributed by atoms with Crippen LogP contribution in [0.2, 0.25) is 0 Å². The number of carboxylic acid groups (broad SMARTS) is 1. The number of hydrogen-bond acceptors (Lipinski definition) is 5. The fourth-order valence-electron chi connectivity index (χ4n) is 3.90. The van der Waals surface area contributed by atoms with Crippen LogP contribution in [0.1, 0.15) is 44.0 Å². The summed E-state index contributed by atoms with van der Waals surface area (Å²) in [4.78, 5) is 30.1. The summed E-state index contributed by atoms with van der Waals surface area (Å²) in [6.45, 7) is 6.38. The van der Waals surface area contributed by atoms with E-state index in [2.05, 4.69) is 10.3 Å². The van der Waals surface area contributed by atoms with Crippen LogP contribution >= 0.6 is 0 Å². The highest BCUT2D eigenvalue weighted by molar-refractivity contribution is 5.92. The third-order valence-corrected chi connectivity index (χ3v) is 5.77. The quantitative estimate of drug-likeness (QED) is 0.773. The summed E-state index contributed by atoms with van der Waals surface area (Å²) in [5.41, 5.74) is -1.65. The van der Waals surface area contributed by atoms with Crippen molar-refractivity contribution >= 4 is 22.8 Å². The van der Waals surface area contributed by atoms with E-state index in [1.54, 1.807) is 9.47 Å². The van der Waals surface area contributed by atoms with Gasteiger partial charge in [-0.05, 0) is 39.7 Å². The Balaban J connectivity index is 1.76. The van der Waals surface area contributed by atoms with Gasteiger partial charge in [0.05, 0.1) is 11.9 Å². The number of carbonyl (C=O) groups is 1. The van der Waals surface area contributed by atoms with E-state index in [1.165, 1.54) is 6.20 Å². The Hall–Kier alpha value is -2.55. The maximum atomic E-state index is 15.0. The van der Waals surface area contributed by atoms with E-state index in [0.29, 0.717) is 19.1 Å². The average Bonchev–Trinajstić information content (AvgIpc) is 3.41. The van der Waals surface area contributed by atoms with Crippen LogP contribution in [-0.2, 0) is 5.54 Å². The van der Waals surface area contributed by atoms with E-state index in [0.717, 1.165) is 18.9 Å². The maximum Gasteiger partial charge on any atom is 0.341 e. The number of hydrogen-bond donors (Lipinski definition) is 2. The summed E-state index contributed by atoms with van der Waals surface area (Å²) < 4.78 is 31.1. The first-order valence-electron chi connectivity index (χ1n) is 10.2. The fourth-order valence-corrected chi connectivity index (χ4v) is 3.90. The lowest BCUT2D eigenvalue weighted by atomic mass is 10.1. The van der Waals surface area contributed by atoms with E-state index < -0.39 is 34.5 Å². The van der Waals surface area contributed by atoms with Gasteiger partial charge in [0, 0.05) is 36.8 Å². The lowest BCUT2D eigenvalue weighted by Crippen LogP contribution is -2.31. The van der Waals surface area contributed by atoms with Crippen molar-refractivity contribution in [2.24, 2.45) is 5.92 Å². The number of aromatic carboxylic acids is 1. The van der Waals surface area contributed by atoms with Gasteiger partial charge in [0.25, 0.3) is 0 Å². The van der Waals surface area contributed by atoms with E-state index in [1.807, 2.05) is 20.8 Å². The number of pyridine rings is 2. The highest BCUT2D eigenvalue weighted by Gasteiger charge is 2.36. The number of halogens is 2. The smallest absolute Gasteiger partial charge is 0.341 e. The number of fused-ring (bicyclic) bond motifs is 1. The molecule has 2 aromatic heterocycles. The highest BCUT2D eigenvalue weighted by Crippen LogP contribution is 2.30. The molecule has 0 spiro atoms. The number of anilines is 1. The van der Waals surface area contributed by atoms with Crippen LogP contribution in [-0.4, -0.2) is 52.5 Å². The fraction of sp³-hybridized carbons (Fsp3) is 0.571. The van der Waals surface area contributed by atoms with Gasteiger partial charge in [-0.2, -0.15) is 0 Å². The molecule has 0 amide bonds. The molecule has 7 nitrogen and oxygen atoms in total. The normalized spacial score (nSPS) is 22.1. The Kier molecular flexibility index (Phi) is 5.04. The molecule has 1 saturated heterocycles. The van der Waals surface area contributed by atoms with Gasteiger partial charge in [0.15, 0.2) is 11.6 Å². The van der Waals surface area contributed by atoms with Crippen LogP contribution in [0.25, 0.3) is 11.0 Å². The first-order valence-corrected chi connectivity index (χ1v) is 10.2. The molecule has 2 aromatic rings. The molecule has 0 radical (unpaired) electrons. The van der Waals surface area contributed by atoms with Gasteiger partial charge in [0.1, 0.15) is 17.4 Å². The Morgan fingerprint density at radius 3 is 2.63 bits per heavy atom. The predicted octanol–water partition coefficient (Wildman–Crippen LogP) is 2.52. The van der Waals surface area contributed by atoms with Crippen molar-refractivity contribution in [2.75, 3.05) is 24.5 Å². The topological polar surface area (TPSA) is 87.5 Å². The molecule has 3 heterocycles. The molecule has 2 aliphatic rings. The number of rotatable bonds is 5. The predicted molar refractivity (Wildman–Crippen MR) is 110 cm³/mol. The summed E-state index contributed by atoms with van der Waals surface area (Å²) >= 11 is 0. The second-order valence-electron chi connectivity index (χ2n) is 9.25. The molecule has 30 heavy (non-hydrogen) atoms. The first-order chi connectivity index (χ1) is 14.1. The van der Waals surface area contributed by atoms with Gasteiger partial charge >= 0.3 is 5.97 Å². The van der Waals surface area contributed by atoms with Gasteiger partial charge in [-0.15, -0.1) is 0 Å². The highest BCUT2D eigenvalue weighted by atomic mass is 19.1. The molecule has 162 valence electrons. The lowest BCUT2D eigenvalue weighted by Gasteiger charge is -2.26. The summed E-state index contributed by atoms with van der Waals surface area (Å²) in [7, 11) is 0. The van der Waals surface area contributed by atoms with Gasteiger partial charge in [-0.3, -0.25) is 4.79 Å². The molecule has 0 unspecified atom stereocenters. The third-order valence-electron chi connectivity index (χ3n) is 5.77. The maximum absolute atomic E-state index is 15.0. The van der Waals surface area contributed by atoms with Crippen LogP contribution in [0.5, 0.6) is 0 Å². The second-order valence-corrected chi connectivity index (χ2v) is 9.25. The number of nitrogens with one attached hydrogen (secondary N) is 1. The molecule has 2 fully saturated rings. The molecule has 2 atom stereocenters. The molecule has 4 rings (SSSR count). The molecule has 1 saturated carbocycles. The van der Waals surface area contributed by atoms with Crippen molar-refractivity contribution < 1.29 is 18.7 Å². The average molecular weight is 420 g/mol. The Morgan fingerprint density at radius 1 is 1.33 bits per heavy atom. The van der Waals surface area contributed by atoms with Crippen molar-refractivity contribution in [3.8, 4) is 0 Å². The van der Waals surface area contributed by atoms with Gasteiger partial charge in [0.2, 0.25) is 5.43 Å². The molecule has 9 heteroatoms. The zero-order valence-electron chi connectivity index (χ0n) is 17.3. The number of alkyl halides is 1. The Labute approximate surface area is 172 Å². The lowest BCUT2D eigenvalue weighted by molar-refractivity contribution is 0.0694. The molecular weight excluding hydrogens is 394 g/mol. The standard InChI is InChI=1S/C21H26F2N4O3/c1-21(2,3)27-9-14(20(29)30)17(28)13-6-15(22)19(25-18(13)27)26-8-11(16(23)10-26)7-24-12-4-5-12/h6,9,11-12,16,24H,4-5,7-8,10H2,1-3H3,(H,29,30)/t11-,16-/m1/s1. The van der Waals surface area contributed by atoms with Crippen molar-refractivity contribution in [3.05, 3.63) is 33.9 Å². The Morgan fingerprint density at radius 2 is 2.03 bits per heavy atom. The third kappa shape index (κ3) is 3.78. The minimum Gasteiger partial charge on any atom is -0.477 e. The van der Waals surface area contributed by atoms with Crippen molar-refractivity contribution in [1.29, 1.82) is 0 Å². The minimum absolute atomic E-state index is 0.0143. The number of carboxylic acids is 1. The van der Waals surface area contributed by atoms with Crippen LogP contribution in [0, 0.1) is 11.7 Å². The summed E-state index contributed by atoms with van der Waals surface area (Å²) in [5, 5.41) is 12.6. The van der Waals surface area contributed by atoms with E-state index in [-0.39, 0.29) is 29.3 Å². The van der Waals surface area contributed by atoms with Crippen LogP contribution in [0.15, 0.2) is 17.1 Å². The van der Waals surface area contributed by atoms with Gasteiger partial charge in [-0.25, -0.2) is 18.6 Å². The van der Waals surface area contributed by atoms with Crippen LogP contribution in [0.3, 0.4) is 0 Å². The number of aromatic nitrogens is 2. The zero-order chi connectivity index (χ0) is 21.8. The zero-order valence-corrected chi connectivity index (χ0v) is 17.3. The van der Waals surface area contributed by atoms with E-state index in [9.17, 15) is 23.5 Å². The molecule has 1 aliphatic carbocycles. The largest absolute Gasteiger partial charge is 0.477 e.